The Hall–Kier alpha value is -0.980. The third kappa shape index (κ3) is 3.92. The van der Waals surface area contributed by atoms with E-state index in [0.717, 1.165) is 12.8 Å². The van der Waals surface area contributed by atoms with Crippen LogP contribution in [0, 0.1) is 0 Å². The van der Waals surface area contributed by atoms with E-state index in [1.807, 2.05) is 0 Å². The molecule has 8 heteroatoms. The molecule has 1 aromatic carbocycles. The second-order valence-electron chi connectivity index (χ2n) is 5.93. The van der Waals surface area contributed by atoms with Gasteiger partial charge in [-0.05, 0) is 31.4 Å². The molecule has 1 amide bonds. The van der Waals surface area contributed by atoms with E-state index in [2.05, 4.69) is 0 Å². The zero-order valence-electron chi connectivity index (χ0n) is 12.4. The molecule has 1 saturated carbocycles. The molecule has 1 unspecified atom stereocenters. The van der Waals surface area contributed by atoms with Crippen molar-refractivity contribution in [2.24, 2.45) is 0 Å². The summed E-state index contributed by atoms with van der Waals surface area (Å²) in [4.78, 5) is 14.2. The molecule has 0 radical (unpaired) electrons. The smallest absolute Gasteiger partial charge is 0.261 e. The van der Waals surface area contributed by atoms with E-state index in [-0.39, 0.29) is 41.9 Å². The normalized spacial score (nSPS) is 22.8. The Morgan fingerprint density at radius 3 is 2.35 bits per heavy atom. The van der Waals surface area contributed by atoms with Gasteiger partial charge in [0.05, 0.1) is 21.6 Å². The molecule has 1 atom stereocenters. The lowest BCUT2D eigenvalue weighted by atomic mass is 10.2. The van der Waals surface area contributed by atoms with Crippen molar-refractivity contribution < 1.29 is 17.9 Å². The van der Waals surface area contributed by atoms with E-state index in [0.29, 0.717) is 16.5 Å². The van der Waals surface area contributed by atoms with Crippen LogP contribution >= 0.6 is 23.2 Å². The number of rotatable bonds is 5. The van der Waals surface area contributed by atoms with Crippen molar-refractivity contribution in [3.05, 3.63) is 28.2 Å². The number of ether oxygens (including phenoxy) is 1. The van der Waals surface area contributed by atoms with Gasteiger partial charge in [-0.3, -0.25) is 4.79 Å². The van der Waals surface area contributed by atoms with Crippen LogP contribution in [0.5, 0.6) is 5.75 Å². The monoisotopic (exact) mass is 377 g/mol. The van der Waals surface area contributed by atoms with Crippen molar-refractivity contribution in [3.8, 4) is 5.75 Å². The number of sulfone groups is 1. The predicted molar refractivity (Wildman–Crippen MR) is 88.9 cm³/mol. The summed E-state index contributed by atoms with van der Waals surface area (Å²) in [5, 5.41) is 0.679. The van der Waals surface area contributed by atoms with E-state index >= 15 is 0 Å². The number of amides is 1. The first-order chi connectivity index (χ1) is 10.9. The van der Waals surface area contributed by atoms with Crippen LogP contribution in [0.25, 0.3) is 0 Å². The highest BCUT2D eigenvalue weighted by Crippen LogP contribution is 2.34. The first kappa shape index (κ1) is 16.9. The summed E-state index contributed by atoms with van der Waals surface area (Å²) in [7, 11) is -3.04. The first-order valence-corrected chi connectivity index (χ1v) is 10.0. The van der Waals surface area contributed by atoms with Crippen LogP contribution in [0.4, 0.5) is 0 Å². The number of carbonyl (C=O) groups excluding carboxylic acids is 1. The van der Waals surface area contributed by atoms with Crippen LogP contribution < -0.4 is 4.74 Å². The lowest BCUT2D eigenvalue weighted by Crippen LogP contribution is -2.45. The minimum atomic E-state index is -3.04. The van der Waals surface area contributed by atoms with Crippen molar-refractivity contribution in [1.82, 2.24) is 4.90 Å². The third-order valence-corrected chi connectivity index (χ3v) is 6.43. The van der Waals surface area contributed by atoms with Crippen LogP contribution in [0.3, 0.4) is 0 Å². The van der Waals surface area contributed by atoms with Crippen LogP contribution in [0.1, 0.15) is 19.3 Å². The van der Waals surface area contributed by atoms with Crippen LogP contribution in [0.15, 0.2) is 18.2 Å². The van der Waals surface area contributed by atoms with Crippen molar-refractivity contribution in [2.45, 2.75) is 31.3 Å². The molecule has 1 aliphatic carbocycles. The maximum absolute atomic E-state index is 12.5. The molecule has 1 saturated heterocycles. The standard InChI is InChI=1S/C15H17Cl2NO4S/c16-12-2-1-3-13(17)15(12)22-8-14(19)18(10-4-5-10)11-6-7-23(20,21)9-11/h1-3,10-11H,4-9H2. The van der Waals surface area contributed by atoms with Gasteiger partial charge < -0.3 is 9.64 Å². The molecular formula is C15H17Cl2NO4S. The summed E-state index contributed by atoms with van der Waals surface area (Å²) in [6.07, 6.45) is 2.32. The van der Waals surface area contributed by atoms with Crippen LogP contribution in [-0.4, -0.2) is 49.4 Å². The molecule has 1 aromatic rings. The van der Waals surface area contributed by atoms with Gasteiger partial charge in [0.2, 0.25) is 0 Å². The summed E-state index contributed by atoms with van der Waals surface area (Å²) < 4.78 is 28.8. The molecule has 1 heterocycles. The Morgan fingerprint density at radius 2 is 1.83 bits per heavy atom. The van der Waals surface area contributed by atoms with Crippen LogP contribution in [0.2, 0.25) is 10.0 Å². The molecule has 2 aliphatic rings. The quantitative estimate of drug-likeness (QED) is 0.790. The first-order valence-electron chi connectivity index (χ1n) is 7.46. The Kier molecular flexibility index (Phi) is 4.76. The van der Waals surface area contributed by atoms with Crippen molar-refractivity contribution in [2.75, 3.05) is 18.1 Å². The van der Waals surface area contributed by atoms with Gasteiger partial charge in [0, 0.05) is 12.1 Å². The van der Waals surface area contributed by atoms with Crippen LogP contribution in [-0.2, 0) is 14.6 Å². The number of benzene rings is 1. The average Bonchev–Trinajstić information content (AvgIpc) is 3.23. The molecular weight excluding hydrogens is 361 g/mol. The third-order valence-electron chi connectivity index (χ3n) is 4.09. The van der Waals surface area contributed by atoms with Gasteiger partial charge in [-0.15, -0.1) is 0 Å². The molecule has 0 N–H and O–H groups in total. The summed E-state index contributed by atoms with van der Waals surface area (Å²) in [6.45, 7) is -0.198. The van der Waals surface area contributed by atoms with Gasteiger partial charge in [0.1, 0.15) is 0 Å². The minimum absolute atomic E-state index is 0.0437. The van der Waals surface area contributed by atoms with Gasteiger partial charge >= 0.3 is 0 Å². The van der Waals surface area contributed by atoms with Gasteiger partial charge in [0.25, 0.3) is 5.91 Å². The predicted octanol–water partition coefficient (Wildman–Crippen LogP) is 2.55. The summed E-state index contributed by atoms with van der Waals surface area (Å²) >= 11 is 12.0. The summed E-state index contributed by atoms with van der Waals surface area (Å²) in [5.74, 6) is 0.248. The van der Waals surface area contributed by atoms with Gasteiger partial charge in [-0.2, -0.15) is 0 Å². The van der Waals surface area contributed by atoms with Crippen molar-refractivity contribution >= 4 is 38.9 Å². The topological polar surface area (TPSA) is 63.7 Å². The molecule has 1 aliphatic heterocycles. The van der Waals surface area contributed by atoms with E-state index in [1.54, 1.807) is 23.1 Å². The number of hydrogen-bond acceptors (Lipinski definition) is 4. The zero-order chi connectivity index (χ0) is 16.6. The van der Waals surface area contributed by atoms with Gasteiger partial charge in [-0.25, -0.2) is 8.42 Å². The minimum Gasteiger partial charge on any atom is -0.481 e. The lowest BCUT2D eigenvalue weighted by Gasteiger charge is -2.28. The second-order valence-corrected chi connectivity index (χ2v) is 8.97. The molecule has 5 nitrogen and oxygen atoms in total. The SMILES string of the molecule is O=C(COc1c(Cl)cccc1Cl)N(C1CC1)C1CCS(=O)(=O)C1. The van der Waals surface area contributed by atoms with Gasteiger partial charge in [-0.1, -0.05) is 29.3 Å². The highest BCUT2D eigenvalue weighted by atomic mass is 35.5. The van der Waals surface area contributed by atoms with Gasteiger partial charge in [0.15, 0.2) is 22.2 Å². The fraction of sp³-hybridized carbons (Fsp3) is 0.533. The van der Waals surface area contributed by atoms with E-state index in [1.165, 1.54) is 0 Å². The zero-order valence-corrected chi connectivity index (χ0v) is 14.7. The van der Waals surface area contributed by atoms with Crippen molar-refractivity contribution in [3.63, 3.8) is 0 Å². The number of halogens is 2. The van der Waals surface area contributed by atoms with E-state index < -0.39 is 9.84 Å². The lowest BCUT2D eigenvalue weighted by molar-refractivity contribution is -0.135. The molecule has 3 rings (SSSR count). The molecule has 2 fully saturated rings. The highest BCUT2D eigenvalue weighted by Gasteiger charge is 2.42. The molecule has 126 valence electrons. The Balaban J connectivity index is 1.68. The maximum atomic E-state index is 12.5. The molecule has 0 aromatic heterocycles. The number of nitrogens with zero attached hydrogens (tertiary/aromatic N) is 1. The Morgan fingerprint density at radius 1 is 1.17 bits per heavy atom. The summed E-state index contributed by atoms with van der Waals surface area (Å²) in [6, 6.07) is 4.85. The number of para-hydroxylation sites is 1. The number of hydrogen-bond donors (Lipinski definition) is 0. The molecule has 23 heavy (non-hydrogen) atoms. The molecule has 0 spiro atoms. The summed E-state index contributed by atoms with van der Waals surface area (Å²) in [5.41, 5.74) is 0. The highest BCUT2D eigenvalue weighted by molar-refractivity contribution is 7.91. The van der Waals surface area contributed by atoms with E-state index in [4.69, 9.17) is 27.9 Å². The average molecular weight is 378 g/mol. The van der Waals surface area contributed by atoms with Crippen molar-refractivity contribution in [1.29, 1.82) is 0 Å². The Labute approximate surface area is 145 Å². The largest absolute Gasteiger partial charge is 0.481 e. The number of carbonyl (C=O) groups is 1. The fourth-order valence-corrected chi connectivity index (χ4v) is 5.10. The Bertz CT molecular complexity index is 698. The second kappa shape index (κ2) is 6.49. The van der Waals surface area contributed by atoms with E-state index in [9.17, 15) is 13.2 Å². The maximum Gasteiger partial charge on any atom is 0.261 e. The molecule has 0 bridgehead atoms. The fourth-order valence-electron chi connectivity index (χ4n) is 2.88.